The Bertz CT molecular complexity index is 421. The van der Waals surface area contributed by atoms with Crippen molar-refractivity contribution in [1.29, 1.82) is 0 Å². The van der Waals surface area contributed by atoms with Crippen LogP contribution in [0.4, 0.5) is 5.69 Å². The molecule has 0 aromatic heterocycles. The number of carbonyl (C=O) groups excluding carboxylic acids is 1. The predicted octanol–water partition coefficient (Wildman–Crippen LogP) is 2.91. The third-order valence-electron chi connectivity index (χ3n) is 3.84. The van der Waals surface area contributed by atoms with E-state index in [1.165, 1.54) is 36.8 Å². The molecule has 0 bridgehead atoms. The van der Waals surface area contributed by atoms with Crippen LogP contribution < -0.4 is 5.32 Å². The van der Waals surface area contributed by atoms with E-state index in [2.05, 4.69) is 17.4 Å². The van der Waals surface area contributed by atoms with E-state index in [1.807, 2.05) is 6.07 Å². The summed E-state index contributed by atoms with van der Waals surface area (Å²) in [5, 5.41) is 3.03. The van der Waals surface area contributed by atoms with Crippen LogP contribution in [-0.2, 0) is 17.6 Å². The van der Waals surface area contributed by atoms with Gasteiger partial charge in [0.15, 0.2) is 0 Å². The summed E-state index contributed by atoms with van der Waals surface area (Å²) in [6.07, 6.45) is 6.97. The summed E-state index contributed by atoms with van der Waals surface area (Å²) in [5.41, 5.74) is 3.87. The van der Waals surface area contributed by atoms with Crippen molar-refractivity contribution in [2.45, 2.75) is 38.5 Å². The van der Waals surface area contributed by atoms with Gasteiger partial charge in [0.05, 0.1) is 0 Å². The van der Waals surface area contributed by atoms with Crippen LogP contribution in [0.25, 0.3) is 0 Å². The Kier molecular flexibility index (Phi) is 2.43. The molecule has 0 radical (unpaired) electrons. The smallest absolute Gasteiger partial charge is 0.227 e. The molecule has 0 atom stereocenters. The van der Waals surface area contributed by atoms with Crippen LogP contribution in [0.1, 0.15) is 36.8 Å². The second kappa shape index (κ2) is 3.93. The molecule has 1 amide bonds. The normalized spacial score (nSPS) is 19.0. The highest BCUT2D eigenvalue weighted by Crippen LogP contribution is 2.29. The first-order chi connectivity index (χ1) is 7.83. The molecule has 16 heavy (non-hydrogen) atoms. The van der Waals surface area contributed by atoms with Gasteiger partial charge < -0.3 is 5.32 Å². The topological polar surface area (TPSA) is 29.1 Å². The zero-order valence-electron chi connectivity index (χ0n) is 9.46. The van der Waals surface area contributed by atoms with Gasteiger partial charge in [-0.15, -0.1) is 0 Å². The maximum absolute atomic E-state index is 11.8. The lowest BCUT2D eigenvalue weighted by atomic mass is 9.85. The fourth-order valence-corrected chi connectivity index (χ4v) is 2.56. The predicted molar refractivity (Wildman–Crippen MR) is 64.4 cm³/mol. The molecular weight excluding hydrogens is 198 g/mol. The van der Waals surface area contributed by atoms with E-state index in [9.17, 15) is 4.79 Å². The van der Waals surface area contributed by atoms with Crippen molar-refractivity contribution in [2.24, 2.45) is 5.92 Å². The monoisotopic (exact) mass is 215 g/mol. The molecule has 0 heterocycles. The number of amides is 1. The molecule has 0 saturated heterocycles. The van der Waals surface area contributed by atoms with Gasteiger partial charge in [-0.25, -0.2) is 0 Å². The third kappa shape index (κ3) is 1.73. The van der Waals surface area contributed by atoms with E-state index in [0.29, 0.717) is 0 Å². The molecule has 2 aliphatic rings. The van der Waals surface area contributed by atoms with Gasteiger partial charge in [-0.1, -0.05) is 12.5 Å². The van der Waals surface area contributed by atoms with E-state index < -0.39 is 0 Å². The lowest BCUT2D eigenvalue weighted by Crippen LogP contribution is -2.28. The number of rotatable bonds is 2. The summed E-state index contributed by atoms with van der Waals surface area (Å²) in [7, 11) is 0. The summed E-state index contributed by atoms with van der Waals surface area (Å²) >= 11 is 0. The minimum absolute atomic E-state index is 0.212. The number of hydrogen-bond acceptors (Lipinski definition) is 1. The maximum atomic E-state index is 11.8. The number of nitrogens with one attached hydrogen (secondary N) is 1. The van der Waals surface area contributed by atoms with Gasteiger partial charge in [0.25, 0.3) is 0 Å². The van der Waals surface area contributed by atoms with Crippen molar-refractivity contribution >= 4 is 11.6 Å². The molecule has 1 saturated carbocycles. The van der Waals surface area contributed by atoms with Crippen LogP contribution in [0.5, 0.6) is 0 Å². The largest absolute Gasteiger partial charge is 0.326 e. The second-order valence-corrected chi connectivity index (χ2v) is 4.95. The van der Waals surface area contributed by atoms with Gasteiger partial charge in [-0.05, 0) is 55.4 Å². The fraction of sp³-hybridized carbons (Fsp3) is 0.500. The minimum atomic E-state index is 0.212. The zero-order valence-corrected chi connectivity index (χ0v) is 9.46. The van der Waals surface area contributed by atoms with Crippen molar-refractivity contribution in [2.75, 3.05) is 5.32 Å². The first kappa shape index (κ1) is 9.88. The van der Waals surface area contributed by atoms with Gasteiger partial charge in [-0.2, -0.15) is 0 Å². The molecule has 2 aliphatic carbocycles. The van der Waals surface area contributed by atoms with Crippen LogP contribution in [-0.4, -0.2) is 5.91 Å². The Morgan fingerprint density at radius 1 is 1.12 bits per heavy atom. The lowest BCUT2D eigenvalue weighted by molar-refractivity contribution is -0.122. The van der Waals surface area contributed by atoms with Crippen LogP contribution in [0.3, 0.4) is 0 Å². The number of fused-ring (bicyclic) bond motifs is 1. The minimum Gasteiger partial charge on any atom is -0.326 e. The Morgan fingerprint density at radius 3 is 2.69 bits per heavy atom. The Hall–Kier alpha value is -1.31. The highest BCUT2D eigenvalue weighted by molar-refractivity contribution is 5.93. The first-order valence-electron chi connectivity index (χ1n) is 6.25. The van der Waals surface area contributed by atoms with Gasteiger partial charge in [-0.3, -0.25) is 4.79 Å². The number of aryl methyl sites for hydroxylation is 2. The Labute approximate surface area is 96.1 Å². The summed E-state index contributed by atoms with van der Waals surface area (Å²) < 4.78 is 0. The molecule has 0 spiro atoms. The molecule has 0 unspecified atom stereocenters. The highest BCUT2D eigenvalue weighted by Gasteiger charge is 2.25. The standard InChI is InChI=1S/C14H17NO/c16-14(11-4-2-5-11)15-13-8-7-10-3-1-6-12(10)9-13/h7-9,11H,1-6H2,(H,15,16). The van der Waals surface area contributed by atoms with Gasteiger partial charge in [0, 0.05) is 11.6 Å². The van der Waals surface area contributed by atoms with Crippen molar-refractivity contribution in [1.82, 2.24) is 0 Å². The van der Waals surface area contributed by atoms with Crippen molar-refractivity contribution in [3.8, 4) is 0 Å². The van der Waals surface area contributed by atoms with E-state index in [-0.39, 0.29) is 11.8 Å². The van der Waals surface area contributed by atoms with E-state index in [1.54, 1.807) is 0 Å². The van der Waals surface area contributed by atoms with E-state index >= 15 is 0 Å². The number of benzene rings is 1. The molecule has 1 N–H and O–H groups in total. The second-order valence-electron chi connectivity index (χ2n) is 4.95. The first-order valence-corrected chi connectivity index (χ1v) is 6.25. The van der Waals surface area contributed by atoms with Gasteiger partial charge in [0.2, 0.25) is 5.91 Å². The number of hydrogen-bond donors (Lipinski definition) is 1. The highest BCUT2D eigenvalue weighted by atomic mass is 16.1. The number of carbonyl (C=O) groups is 1. The molecule has 2 heteroatoms. The van der Waals surface area contributed by atoms with E-state index in [0.717, 1.165) is 18.5 Å². The molecule has 1 aromatic rings. The zero-order chi connectivity index (χ0) is 11.0. The van der Waals surface area contributed by atoms with Crippen LogP contribution in [0, 0.1) is 5.92 Å². The molecule has 84 valence electrons. The van der Waals surface area contributed by atoms with Crippen LogP contribution in [0.2, 0.25) is 0 Å². The molecule has 3 rings (SSSR count). The quantitative estimate of drug-likeness (QED) is 0.807. The lowest BCUT2D eigenvalue weighted by Gasteiger charge is -2.24. The third-order valence-corrected chi connectivity index (χ3v) is 3.84. The fourth-order valence-electron chi connectivity index (χ4n) is 2.56. The van der Waals surface area contributed by atoms with Crippen molar-refractivity contribution in [3.05, 3.63) is 29.3 Å². The molecule has 1 aromatic carbocycles. The van der Waals surface area contributed by atoms with Crippen molar-refractivity contribution < 1.29 is 4.79 Å². The van der Waals surface area contributed by atoms with Crippen LogP contribution >= 0.6 is 0 Å². The molecule has 1 fully saturated rings. The molecule has 0 aliphatic heterocycles. The van der Waals surface area contributed by atoms with Gasteiger partial charge >= 0.3 is 0 Å². The van der Waals surface area contributed by atoms with Crippen LogP contribution in [0.15, 0.2) is 18.2 Å². The average Bonchev–Trinajstić information content (AvgIpc) is 2.61. The summed E-state index contributed by atoms with van der Waals surface area (Å²) in [4.78, 5) is 11.8. The summed E-state index contributed by atoms with van der Waals surface area (Å²) in [6.45, 7) is 0. The Morgan fingerprint density at radius 2 is 1.94 bits per heavy atom. The molecule has 2 nitrogen and oxygen atoms in total. The SMILES string of the molecule is O=C(Nc1ccc2c(c1)CCC2)C1CCC1. The maximum Gasteiger partial charge on any atom is 0.227 e. The Balaban J connectivity index is 1.72. The van der Waals surface area contributed by atoms with Gasteiger partial charge in [0.1, 0.15) is 0 Å². The van der Waals surface area contributed by atoms with E-state index in [4.69, 9.17) is 0 Å². The summed E-state index contributed by atoms with van der Waals surface area (Å²) in [6, 6.07) is 6.36. The number of anilines is 1. The average molecular weight is 215 g/mol. The summed E-state index contributed by atoms with van der Waals surface area (Å²) in [5.74, 6) is 0.484. The molecular formula is C14H17NO. The van der Waals surface area contributed by atoms with Crippen molar-refractivity contribution in [3.63, 3.8) is 0 Å².